The average molecular weight is 180 g/mol. The number of pyridine rings is 1. The molecule has 1 aromatic rings. The summed E-state index contributed by atoms with van der Waals surface area (Å²) in [6.07, 6.45) is 1.50. The zero-order valence-electron chi connectivity index (χ0n) is 6.97. The Morgan fingerprint density at radius 1 is 1.62 bits per heavy atom. The van der Waals surface area contributed by atoms with Crippen molar-refractivity contribution in [2.75, 3.05) is 0 Å². The molecule has 5 nitrogen and oxygen atoms in total. The predicted octanol–water partition coefficient (Wildman–Crippen LogP) is 0.780. The van der Waals surface area contributed by atoms with Crippen LogP contribution in [-0.2, 0) is 9.53 Å². The van der Waals surface area contributed by atoms with E-state index in [0.29, 0.717) is 5.69 Å². The molecule has 0 aliphatic heterocycles. The minimum atomic E-state index is -0.557. The summed E-state index contributed by atoms with van der Waals surface area (Å²) in [7, 11) is 0. The monoisotopic (exact) mass is 180 g/mol. The first-order valence-electron chi connectivity index (χ1n) is 3.56. The summed E-state index contributed by atoms with van der Waals surface area (Å²) >= 11 is 0. The minimum absolute atomic E-state index is 0.201. The Labute approximate surface area is 74.7 Å². The number of carbonyl (C=O) groups excluding carboxylic acids is 1. The van der Waals surface area contributed by atoms with Crippen molar-refractivity contribution in [3.05, 3.63) is 30.1 Å². The second-order valence-electron chi connectivity index (χ2n) is 2.21. The highest BCUT2D eigenvalue weighted by Crippen LogP contribution is 1.98. The summed E-state index contributed by atoms with van der Waals surface area (Å²) in [5.41, 5.74) is 0.306. The fourth-order valence-corrected chi connectivity index (χ4v) is 0.749. The normalized spacial score (nSPS) is 11.0. The maximum absolute atomic E-state index is 10.5. The van der Waals surface area contributed by atoms with Crippen molar-refractivity contribution in [3.8, 4) is 0 Å². The molecule has 0 aliphatic rings. The van der Waals surface area contributed by atoms with Gasteiger partial charge < -0.3 is 9.94 Å². The third-order valence-electron chi connectivity index (χ3n) is 1.22. The van der Waals surface area contributed by atoms with Gasteiger partial charge in [0.2, 0.25) is 0 Å². The molecule has 1 N–H and O–H groups in total. The van der Waals surface area contributed by atoms with Gasteiger partial charge >= 0.3 is 5.97 Å². The quantitative estimate of drug-likeness (QED) is 0.228. The summed E-state index contributed by atoms with van der Waals surface area (Å²) in [6, 6.07) is 4.96. The van der Waals surface area contributed by atoms with Gasteiger partial charge in [-0.2, -0.15) is 0 Å². The van der Waals surface area contributed by atoms with E-state index < -0.39 is 5.97 Å². The molecule has 0 aliphatic carbocycles. The second kappa shape index (κ2) is 4.20. The van der Waals surface area contributed by atoms with Crippen LogP contribution >= 0.6 is 0 Å². The summed E-state index contributed by atoms with van der Waals surface area (Å²) in [6.45, 7) is 1.22. The standard InChI is InChI=1S/C8H8N2O3/c1-6(11)13-8(10-12)7-4-2-3-5-9-7/h2-5,12H,1H3. The van der Waals surface area contributed by atoms with Crippen molar-refractivity contribution < 1.29 is 14.7 Å². The van der Waals surface area contributed by atoms with E-state index in [1.54, 1.807) is 18.2 Å². The molecular formula is C8H8N2O3. The van der Waals surface area contributed by atoms with Crippen LogP contribution < -0.4 is 0 Å². The van der Waals surface area contributed by atoms with Crippen LogP contribution in [0.4, 0.5) is 0 Å². The van der Waals surface area contributed by atoms with Crippen molar-refractivity contribution in [2.45, 2.75) is 6.92 Å². The molecule has 0 atom stereocenters. The lowest BCUT2D eigenvalue weighted by Gasteiger charge is -2.01. The molecular weight excluding hydrogens is 172 g/mol. The number of oxime groups is 1. The van der Waals surface area contributed by atoms with E-state index in [1.807, 2.05) is 0 Å². The number of carbonyl (C=O) groups is 1. The molecule has 0 bridgehead atoms. The molecule has 0 saturated carbocycles. The zero-order chi connectivity index (χ0) is 9.68. The molecule has 0 fully saturated rings. The largest absolute Gasteiger partial charge is 0.408 e. The predicted molar refractivity (Wildman–Crippen MR) is 44.3 cm³/mol. The van der Waals surface area contributed by atoms with Crippen molar-refractivity contribution in [3.63, 3.8) is 0 Å². The Morgan fingerprint density at radius 2 is 2.38 bits per heavy atom. The van der Waals surface area contributed by atoms with Crippen LogP contribution in [0, 0.1) is 0 Å². The Kier molecular flexibility index (Phi) is 2.97. The molecule has 1 heterocycles. The smallest absolute Gasteiger partial charge is 0.309 e. The Morgan fingerprint density at radius 3 is 2.85 bits per heavy atom. The highest BCUT2D eigenvalue weighted by molar-refractivity contribution is 5.98. The number of rotatable bonds is 1. The molecule has 0 saturated heterocycles. The van der Waals surface area contributed by atoms with Crippen molar-refractivity contribution >= 4 is 11.9 Å². The van der Waals surface area contributed by atoms with Crippen LogP contribution in [0.5, 0.6) is 0 Å². The van der Waals surface area contributed by atoms with Gasteiger partial charge in [-0.25, -0.2) is 0 Å². The van der Waals surface area contributed by atoms with E-state index in [2.05, 4.69) is 14.9 Å². The van der Waals surface area contributed by atoms with E-state index in [4.69, 9.17) is 5.21 Å². The number of nitrogens with zero attached hydrogens (tertiary/aromatic N) is 2. The van der Waals surface area contributed by atoms with E-state index in [1.165, 1.54) is 13.1 Å². The number of esters is 1. The lowest BCUT2D eigenvalue weighted by molar-refractivity contribution is -0.133. The van der Waals surface area contributed by atoms with Crippen LogP contribution in [-0.4, -0.2) is 22.1 Å². The topological polar surface area (TPSA) is 71.8 Å². The first-order chi connectivity index (χ1) is 6.24. The van der Waals surface area contributed by atoms with Crippen LogP contribution in [0.1, 0.15) is 12.6 Å². The Bertz CT molecular complexity index is 321. The van der Waals surface area contributed by atoms with Gasteiger partial charge in [0.25, 0.3) is 5.90 Å². The third kappa shape index (κ3) is 2.55. The molecule has 0 unspecified atom stereocenters. The minimum Gasteiger partial charge on any atom is -0.408 e. The molecule has 68 valence electrons. The molecule has 5 heteroatoms. The number of hydrogen-bond donors (Lipinski definition) is 1. The Hall–Kier alpha value is -1.91. The van der Waals surface area contributed by atoms with Gasteiger partial charge in [0.15, 0.2) is 0 Å². The van der Waals surface area contributed by atoms with Crippen molar-refractivity contribution in [1.29, 1.82) is 0 Å². The summed E-state index contributed by atoms with van der Waals surface area (Å²) in [5.74, 6) is -0.758. The maximum atomic E-state index is 10.5. The molecule has 0 spiro atoms. The summed E-state index contributed by atoms with van der Waals surface area (Å²) in [4.78, 5) is 14.4. The van der Waals surface area contributed by atoms with Gasteiger partial charge in [-0.15, -0.1) is 0 Å². The lowest BCUT2D eigenvalue weighted by atomic mass is 10.3. The van der Waals surface area contributed by atoms with E-state index >= 15 is 0 Å². The van der Waals surface area contributed by atoms with E-state index in [0.717, 1.165) is 0 Å². The first-order valence-corrected chi connectivity index (χ1v) is 3.56. The summed E-state index contributed by atoms with van der Waals surface area (Å²) in [5, 5.41) is 11.3. The lowest BCUT2D eigenvalue weighted by Crippen LogP contribution is -2.12. The number of ether oxygens (including phenoxy) is 1. The average Bonchev–Trinajstić information content (AvgIpc) is 2.15. The first kappa shape index (κ1) is 9.18. The Balaban J connectivity index is 2.86. The van der Waals surface area contributed by atoms with Crippen LogP contribution in [0.15, 0.2) is 29.6 Å². The van der Waals surface area contributed by atoms with Crippen LogP contribution in [0.2, 0.25) is 0 Å². The molecule has 0 aromatic carbocycles. The number of aromatic nitrogens is 1. The van der Waals surface area contributed by atoms with E-state index in [-0.39, 0.29) is 5.90 Å². The van der Waals surface area contributed by atoms with Gasteiger partial charge in [0.1, 0.15) is 5.69 Å². The summed E-state index contributed by atoms with van der Waals surface area (Å²) < 4.78 is 4.58. The van der Waals surface area contributed by atoms with Gasteiger partial charge in [-0.05, 0) is 17.3 Å². The number of hydrogen-bond acceptors (Lipinski definition) is 5. The van der Waals surface area contributed by atoms with Gasteiger partial charge in [0.05, 0.1) is 0 Å². The fourth-order valence-electron chi connectivity index (χ4n) is 0.749. The van der Waals surface area contributed by atoms with Crippen LogP contribution in [0.3, 0.4) is 0 Å². The van der Waals surface area contributed by atoms with Gasteiger partial charge in [0, 0.05) is 13.1 Å². The second-order valence-corrected chi connectivity index (χ2v) is 2.21. The molecule has 13 heavy (non-hydrogen) atoms. The van der Waals surface area contributed by atoms with Crippen molar-refractivity contribution in [1.82, 2.24) is 4.98 Å². The fraction of sp³-hybridized carbons (Fsp3) is 0.125. The maximum Gasteiger partial charge on any atom is 0.309 e. The third-order valence-corrected chi connectivity index (χ3v) is 1.22. The highest BCUT2D eigenvalue weighted by Gasteiger charge is 2.08. The van der Waals surface area contributed by atoms with Crippen molar-refractivity contribution in [2.24, 2.45) is 5.16 Å². The van der Waals surface area contributed by atoms with Gasteiger partial charge in [-0.1, -0.05) is 6.07 Å². The molecule has 1 aromatic heterocycles. The molecule has 0 amide bonds. The van der Waals surface area contributed by atoms with Gasteiger partial charge in [-0.3, -0.25) is 9.78 Å². The van der Waals surface area contributed by atoms with Crippen LogP contribution in [0.25, 0.3) is 0 Å². The molecule has 0 radical (unpaired) electrons. The molecule has 1 rings (SSSR count). The zero-order valence-corrected chi connectivity index (χ0v) is 6.97. The highest BCUT2D eigenvalue weighted by atomic mass is 16.6. The van der Waals surface area contributed by atoms with E-state index in [9.17, 15) is 4.79 Å². The SMILES string of the molecule is CC(=O)OC(=NO)c1ccccn1.